The zero-order chi connectivity index (χ0) is 24.1. The summed E-state index contributed by atoms with van der Waals surface area (Å²) in [6.45, 7) is 3.50. The van der Waals surface area contributed by atoms with Crippen LogP contribution in [0, 0.1) is 15.9 Å². The molecule has 2 aromatic rings. The van der Waals surface area contributed by atoms with Gasteiger partial charge in [-0.05, 0) is 42.1 Å². The number of nitro benzene ring substituents is 1. The SMILES string of the molecule is C=CCN1C(=O)C(=Cc2ccc(OC)c(COc3cc(F)ccc3[N+](=O)[O-])c2)C(=O)NC1=S. The minimum atomic E-state index is -0.690. The number of hydrogen-bond donors (Lipinski definition) is 1. The summed E-state index contributed by atoms with van der Waals surface area (Å²) in [6, 6.07) is 7.68. The van der Waals surface area contributed by atoms with Gasteiger partial charge in [-0.1, -0.05) is 12.1 Å². The van der Waals surface area contributed by atoms with Crippen LogP contribution in [0.3, 0.4) is 0 Å². The molecule has 0 spiro atoms. The van der Waals surface area contributed by atoms with E-state index in [4.69, 9.17) is 21.7 Å². The number of nitrogens with zero attached hydrogens (tertiary/aromatic N) is 2. The van der Waals surface area contributed by atoms with Crippen LogP contribution in [-0.4, -0.2) is 40.4 Å². The number of nitro groups is 1. The highest BCUT2D eigenvalue weighted by Crippen LogP contribution is 2.30. The van der Waals surface area contributed by atoms with E-state index in [9.17, 15) is 24.1 Å². The summed E-state index contributed by atoms with van der Waals surface area (Å²) in [5, 5.41) is 13.6. The molecule has 1 aliphatic rings. The second kappa shape index (κ2) is 10.0. The van der Waals surface area contributed by atoms with Gasteiger partial charge in [0.05, 0.1) is 12.0 Å². The van der Waals surface area contributed by atoms with E-state index >= 15 is 0 Å². The van der Waals surface area contributed by atoms with Crippen molar-refractivity contribution in [2.45, 2.75) is 6.61 Å². The highest BCUT2D eigenvalue weighted by molar-refractivity contribution is 7.80. The summed E-state index contributed by atoms with van der Waals surface area (Å²) in [5.41, 5.74) is 0.389. The molecular formula is C22H18FN3O6S. The van der Waals surface area contributed by atoms with Crippen LogP contribution in [0.15, 0.2) is 54.6 Å². The van der Waals surface area contributed by atoms with E-state index < -0.39 is 28.2 Å². The first-order chi connectivity index (χ1) is 15.7. The van der Waals surface area contributed by atoms with Gasteiger partial charge in [0.15, 0.2) is 10.9 Å². The van der Waals surface area contributed by atoms with E-state index in [1.807, 2.05) is 0 Å². The average molecular weight is 471 g/mol. The lowest BCUT2D eigenvalue weighted by molar-refractivity contribution is -0.386. The monoisotopic (exact) mass is 471 g/mol. The highest BCUT2D eigenvalue weighted by Gasteiger charge is 2.32. The predicted molar refractivity (Wildman–Crippen MR) is 121 cm³/mol. The summed E-state index contributed by atoms with van der Waals surface area (Å²) in [4.78, 5) is 36.7. The molecule has 0 unspecified atom stereocenters. The second-order valence-electron chi connectivity index (χ2n) is 6.75. The molecule has 1 aliphatic heterocycles. The van der Waals surface area contributed by atoms with Gasteiger partial charge in [0.2, 0.25) is 0 Å². The zero-order valence-electron chi connectivity index (χ0n) is 17.4. The number of hydrogen-bond acceptors (Lipinski definition) is 7. The zero-order valence-corrected chi connectivity index (χ0v) is 18.2. The smallest absolute Gasteiger partial charge is 0.311 e. The van der Waals surface area contributed by atoms with E-state index in [0.717, 1.165) is 18.2 Å². The molecule has 9 nitrogen and oxygen atoms in total. The Labute approximate surface area is 193 Å². The van der Waals surface area contributed by atoms with Gasteiger partial charge in [0.25, 0.3) is 11.8 Å². The molecule has 1 N–H and O–H groups in total. The quantitative estimate of drug-likeness (QED) is 0.157. The first-order valence-electron chi connectivity index (χ1n) is 9.48. The van der Waals surface area contributed by atoms with Gasteiger partial charge in [-0.2, -0.15) is 0 Å². The number of benzene rings is 2. The number of carbonyl (C=O) groups excluding carboxylic acids is 2. The van der Waals surface area contributed by atoms with Crippen LogP contribution in [0.4, 0.5) is 10.1 Å². The molecule has 11 heteroatoms. The first kappa shape index (κ1) is 23.5. The fourth-order valence-electron chi connectivity index (χ4n) is 3.07. The van der Waals surface area contributed by atoms with Crippen LogP contribution in [0.2, 0.25) is 0 Å². The fraction of sp³-hybridized carbons (Fsp3) is 0.136. The van der Waals surface area contributed by atoms with Crippen LogP contribution in [-0.2, 0) is 16.2 Å². The Morgan fingerprint density at radius 2 is 2.00 bits per heavy atom. The molecule has 0 atom stereocenters. The third kappa shape index (κ3) is 5.21. The van der Waals surface area contributed by atoms with Crippen molar-refractivity contribution in [3.05, 3.63) is 81.7 Å². The molecule has 0 aromatic heterocycles. The van der Waals surface area contributed by atoms with Gasteiger partial charge < -0.3 is 9.47 Å². The van der Waals surface area contributed by atoms with Gasteiger partial charge >= 0.3 is 5.69 Å². The molecule has 1 fully saturated rings. The van der Waals surface area contributed by atoms with E-state index in [1.54, 1.807) is 18.2 Å². The van der Waals surface area contributed by atoms with Crippen molar-refractivity contribution >= 4 is 40.9 Å². The average Bonchev–Trinajstić information content (AvgIpc) is 2.78. The van der Waals surface area contributed by atoms with E-state index in [0.29, 0.717) is 16.9 Å². The highest BCUT2D eigenvalue weighted by atomic mass is 32.1. The topological polar surface area (TPSA) is 111 Å². The van der Waals surface area contributed by atoms with Crippen LogP contribution in [0.25, 0.3) is 6.08 Å². The lowest BCUT2D eigenvalue weighted by Crippen LogP contribution is -2.53. The number of halogens is 1. The lowest BCUT2D eigenvalue weighted by atomic mass is 10.0. The maximum atomic E-state index is 13.6. The van der Waals surface area contributed by atoms with Gasteiger partial charge in [0.1, 0.15) is 23.7 Å². The minimum absolute atomic E-state index is 0.0115. The van der Waals surface area contributed by atoms with Gasteiger partial charge in [-0.25, -0.2) is 4.39 Å². The largest absolute Gasteiger partial charge is 0.496 e. The lowest BCUT2D eigenvalue weighted by Gasteiger charge is -2.27. The van der Waals surface area contributed by atoms with Crippen LogP contribution < -0.4 is 14.8 Å². The van der Waals surface area contributed by atoms with Crippen LogP contribution >= 0.6 is 12.2 Å². The summed E-state index contributed by atoms with van der Waals surface area (Å²) in [7, 11) is 1.42. The molecular weight excluding hydrogens is 453 g/mol. The Kier molecular flexibility index (Phi) is 7.13. The first-order valence-corrected chi connectivity index (χ1v) is 9.89. The second-order valence-corrected chi connectivity index (χ2v) is 7.14. The number of amides is 2. The Bertz CT molecular complexity index is 1200. The predicted octanol–water partition coefficient (Wildman–Crippen LogP) is 3.13. The van der Waals surface area contributed by atoms with Gasteiger partial charge in [-0.3, -0.25) is 29.9 Å². The van der Waals surface area contributed by atoms with E-state index in [-0.39, 0.29) is 29.6 Å². The Morgan fingerprint density at radius 1 is 1.24 bits per heavy atom. The molecule has 0 aliphatic carbocycles. The number of carbonyl (C=O) groups is 2. The summed E-state index contributed by atoms with van der Waals surface area (Å²) < 4.78 is 24.4. The molecule has 0 saturated carbocycles. The maximum Gasteiger partial charge on any atom is 0.311 e. The number of methoxy groups -OCH3 is 1. The van der Waals surface area contributed by atoms with Crippen molar-refractivity contribution in [1.82, 2.24) is 10.2 Å². The van der Waals surface area contributed by atoms with Crippen molar-refractivity contribution in [3.63, 3.8) is 0 Å². The molecule has 1 saturated heterocycles. The third-order valence-electron chi connectivity index (χ3n) is 4.61. The normalized spacial score (nSPS) is 14.8. The standard InChI is InChI=1S/C22H18FN3O6S/c1-3-8-25-21(28)16(20(27)24-22(25)33)10-13-4-7-18(31-2)14(9-13)12-32-19-11-15(23)5-6-17(19)26(29)30/h3-7,9-11H,1,8,12H2,2H3,(H,24,27,33). The van der Waals surface area contributed by atoms with Gasteiger partial charge in [0, 0.05) is 24.2 Å². The fourth-order valence-corrected chi connectivity index (χ4v) is 3.32. The van der Waals surface area contributed by atoms with Crippen LogP contribution in [0.5, 0.6) is 11.5 Å². The summed E-state index contributed by atoms with van der Waals surface area (Å²) in [5.74, 6) is -1.77. The molecule has 0 radical (unpaired) electrons. The van der Waals surface area contributed by atoms with Crippen molar-refractivity contribution in [1.29, 1.82) is 0 Å². The maximum absolute atomic E-state index is 13.6. The molecule has 2 amide bonds. The molecule has 3 rings (SSSR count). The minimum Gasteiger partial charge on any atom is -0.496 e. The third-order valence-corrected chi connectivity index (χ3v) is 4.94. The molecule has 1 heterocycles. The van der Waals surface area contributed by atoms with E-state index in [1.165, 1.54) is 24.2 Å². The molecule has 170 valence electrons. The van der Waals surface area contributed by atoms with Crippen LogP contribution in [0.1, 0.15) is 11.1 Å². The van der Waals surface area contributed by atoms with Crippen molar-refractivity contribution in [3.8, 4) is 11.5 Å². The number of ether oxygens (including phenoxy) is 2. The van der Waals surface area contributed by atoms with Crippen molar-refractivity contribution in [2.24, 2.45) is 0 Å². The Morgan fingerprint density at radius 3 is 2.67 bits per heavy atom. The molecule has 33 heavy (non-hydrogen) atoms. The summed E-state index contributed by atoms with van der Waals surface area (Å²) in [6.07, 6.45) is 2.86. The number of thiocarbonyl (C=S) groups is 1. The Balaban J connectivity index is 1.92. The summed E-state index contributed by atoms with van der Waals surface area (Å²) >= 11 is 5.03. The Hall–Kier alpha value is -4.12. The number of rotatable bonds is 8. The number of nitrogens with one attached hydrogen (secondary N) is 1. The van der Waals surface area contributed by atoms with Crippen molar-refractivity contribution < 1.29 is 28.4 Å². The molecule has 0 bridgehead atoms. The van der Waals surface area contributed by atoms with Crippen molar-refractivity contribution in [2.75, 3.05) is 13.7 Å². The van der Waals surface area contributed by atoms with Gasteiger partial charge in [-0.15, -0.1) is 6.58 Å². The van der Waals surface area contributed by atoms with E-state index in [2.05, 4.69) is 11.9 Å². The molecule has 2 aromatic carbocycles.